The van der Waals surface area contributed by atoms with Crippen LogP contribution < -0.4 is 9.46 Å². The second kappa shape index (κ2) is 6.81. The Bertz CT molecular complexity index is 999. The summed E-state index contributed by atoms with van der Waals surface area (Å²) in [7, 11) is -2.20. The largest absolute Gasteiger partial charge is 0.496 e. The first-order valence-electron chi connectivity index (χ1n) is 7.47. The molecule has 1 heterocycles. The van der Waals surface area contributed by atoms with Crippen LogP contribution in [-0.2, 0) is 10.0 Å². The topological polar surface area (TPSA) is 81.2 Å². The van der Waals surface area contributed by atoms with Gasteiger partial charge in [0.15, 0.2) is 0 Å². The van der Waals surface area contributed by atoms with E-state index in [1.165, 1.54) is 11.3 Å². The highest BCUT2D eigenvalue weighted by Crippen LogP contribution is 2.30. The van der Waals surface area contributed by atoms with E-state index < -0.39 is 10.0 Å². The minimum absolute atomic E-state index is 0.197. The number of nitrogens with one attached hydrogen (secondary N) is 1. The van der Waals surface area contributed by atoms with Gasteiger partial charge in [0.05, 0.1) is 12.0 Å². The highest BCUT2D eigenvalue weighted by molar-refractivity contribution is 7.93. The van der Waals surface area contributed by atoms with Gasteiger partial charge < -0.3 is 4.74 Å². The monoisotopic (exact) mass is 375 g/mol. The molecule has 3 aromatic rings. The number of nitrogens with zero attached hydrogens (tertiary/aromatic N) is 2. The normalized spacial score (nSPS) is 11.3. The van der Waals surface area contributed by atoms with Crippen LogP contribution in [0, 0.1) is 13.8 Å². The standard InChI is InChI=1S/C17H17N3O3S2/c1-11-10-15(12(2)9-14(11)23-3)25(21,22)20-17-19-18-16(24-17)13-7-5-4-6-8-13/h4-10H,1-3H3,(H,19,20). The van der Waals surface area contributed by atoms with Crippen molar-refractivity contribution in [2.24, 2.45) is 0 Å². The minimum atomic E-state index is -3.76. The lowest BCUT2D eigenvalue weighted by molar-refractivity contribution is 0.411. The Labute approximate surface area is 150 Å². The van der Waals surface area contributed by atoms with Gasteiger partial charge in [0.2, 0.25) is 5.13 Å². The maximum absolute atomic E-state index is 12.7. The van der Waals surface area contributed by atoms with Crippen molar-refractivity contribution < 1.29 is 13.2 Å². The van der Waals surface area contributed by atoms with E-state index in [0.717, 1.165) is 11.1 Å². The van der Waals surface area contributed by atoms with Crippen LogP contribution in [-0.4, -0.2) is 25.7 Å². The molecular formula is C17H17N3O3S2. The summed E-state index contributed by atoms with van der Waals surface area (Å²) in [6.45, 7) is 3.53. The summed E-state index contributed by atoms with van der Waals surface area (Å²) in [6, 6.07) is 12.8. The van der Waals surface area contributed by atoms with Crippen LogP contribution in [0.1, 0.15) is 11.1 Å². The minimum Gasteiger partial charge on any atom is -0.496 e. The maximum Gasteiger partial charge on any atom is 0.263 e. The summed E-state index contributed by atoms with van der Waals surface area (Å²) < 4.78 is 33.1. The van der Waals surface area contributed by atoms with E-state index in [4.69, 9.17) is 4.74 Å². The van der Waals surface area contributed by atoms with Crippen LogP contribution in [0.3, 0.4) is 0 Å². The molecule has 3 rings (SSSR count). The van der Waals surface area contributed by atoms with Gasteiger partial charge in [-0.2, -0.15) is 0 Å². The van der Waals surface area contributed by atoms with Gasteiger partial charge in [-0.05, 0) is 37.1 Å². The zero-order valence-electron chi connectivity index (χ0n) is 14.0. The average Bonchev–Trinajstić information content (AvgIpc) is 3.05. The molecule has 0 fully saturated rings. The summed E-state index contributed by atoms with van der Waals surface area (Å²) in [5.74, 6) is 0.652. The Morgan fingerprint density at radius 2 is 1.76 bits per heavy atom. The van der Waals surface area contributed by atoms with Gasteiger partial charge in [0.1, 0.15) is 10.8 Å². The van der Waals surface area contributed by atoms with Crippen molar-refractivity contribution >= 4 is 26.5 Å². The molecule has 8 heteroatoms. The van der Waals surface area contributed by atoms with Crippen LogP contribution in [0.25, 0.3) is 10.6 Å². The van der Waals surface area contributed by atoms with Gasteiger partial charge in [-0.3, -0.25) is 4.72 Å². The molecule has 0 bridgehead atoms. The first-order chi connectivity index (χ1) is 11.9. The van der Waals surface area contributed by atoms with Crippen molar-refractivity contribution in [1.29, 1.82) is 0 Å². The van der Waals surface area contributed by atoms with Gasteiger partial charge in [0, 0.05) is 5.56 Å². The van der Waals surface area contributed by atoms with E-state index in [1.54, 1.807) is 33.1 Å². The lowest BCUT2D eigenvalue weighted by Crippen LogP contribution is -2.14. The van der Waals surface area contributed by atoms with Gasteiger partial charge in [-0.1, -0.05) is 41.7 Å². The summed E-state index contributed by atoms with van der Waals surface area (Å²) in [5, 5.41) is 8.88. The zero-order valence-corrected chi connectivity index (χ0v) is 15.6. The van der Waals surface area contributed by atoms with Crippen molar-refractivity contribution in [3.63, 3.8) is 0 Å². The van der Waals surface area contributed by atoms with Crippen molar-refractivity contribution in [1.82, 2.24) is 10.2 Å². The van der Waals surface area contributed by atoms with Crippen molar-refractivity contribution in [2.75, 3.05) is 11.8 Å². The third-order valence-corrected chi connectivity index (χ3v) is 6.15. The third-order valence-electron chi connectivity index (χ3n) is 3.65. The van der Waals surface area contributed by atoms with Gasteiger partial charge in [-0.15, -0.1) is 10.2 Å². The molecule has 2 aromatic carbocycles. The highest BCUT2D eigenvalue weighted by atomic mass is 32.2. The molecule has 0 saturated heterocycles. The van der Waals surface area contributed by atoms with Crippen molar-refractivity contribution in [3.05, 3.63) is 53.6 Å². The number of rotatable bonds is 5. The van der Waals surface area contributed by atoms with Gasteiger partial charge in [0.25, 0.3) is 10.0 Å². The number of aryl methyl sites for hydroxylation is 2. The Balaban J connectivity index is 1.90. The summed E-state index contributed by atoms with van der Waals surface area (Å²) in [5.41, 5.74) is 2.24. The number of ether oxygens (including phenoxy) is 1. The second-order valence-electron chi connectivity index (χ2n) is 5.47. The molecule has 25 heavy (non-hydrogen) atoms. The van der Waals surface area contributed by atoms with E-state index in [0.29, 0.717) is 16.3 Å². The molecule has 0 aliphatic heterocycles. The average molecular weight is 375 g/mol. The molecule has 0 spiro atoms. The van der Waals surface area contributed by atoms with Crippen LogP contribution in [0.4, 0.5) is 5.13 Å². The molecule has 0 aliphatic rings. The number of methoxy groups -OCH3 is 1. The number of sulfonamides is 1. The maximum atomic E-state index is 12.7. The van der Waals surface area contributed by atoms with E-state index in [9.17, 15) is 8.42 Å². The first kappa shape index (κ1) is 17.4. The summed E-state index contributed by atoms with van der Waals surface area (Å²) in [6.07, 6.45) is 0. The van der Waals surface area contributed by atoms with E-state index in [-0.39, 0.29) is 10.0 Å². The number of hydrogen-bond donors (Lipinski definition) is 1. The van der Waals surface area contributed by atoms with Crippen molar-refractivity contribution in [2.45, 2.75) is 18.7 Å². The van der Waals surface area contributed by atoms with Crippen molar-refractivity contribution in [3.8, 4) is 16.3 Å². The van der Waals surface area contributed by atoms with E-state index in [1.807, 2.05) is 30.3 Å². The smallest absolute Gasteiger partial charge is 0.263 e. The molecule has 1 aromatic heterocycles. The molecule has 130 valence electrons. The number of anilines is 1. The lowest BCUT2D eigenvalue weighted by Gasteiger charge is -2.12. The molecule has 0 unspecified atom stereocenters. The number of aromatic nitrogens is 2. The predicted octanol–water partition coefficient (Wildman–Crippen LogP) is 3.63. The van der Waals surface area contributed by atoms with Crippen LogP contribution in [0.2, 0.25) is 0 Å². The fourth-order valence-electron chi connectivity index (χ4n) is 2.40. The molecule has 0 saturated carbocycles. The first-order valence-corrected chi connectivity index (χ1v) is 9.77. The molecule has 0 atom stereocenters. The van der Waals surface area contributed by atoms with Crippen LogP contribution >= 0.6 is 11.3 Å². The Hall–Kier alpha value is -2.45. The number of benzene rings is 2. The van der Waals surface area contributed by atoms with Gasteiger partial charge >= 0.3 is 0 Å². The summed E-state index contributed by atoms with van der Waals surface area (Å²) >= 11 is 1.19. The Kier molecular flexibility index (Phi) is 4.73. The SMILES string of the molecule is COc1cc(C)c(S(=O)(=O)Nc2nnc(-c3ccccc3)s2)cc1C. The predicted molar refractivity (Wildman–Crippen MR) is 98.6 cm³/mol. The molecule has 6 nitrogen and oxygen atoms in total. The fraction of sp³-hybridized carbons (Fsp3) is 0.176. The lowest BCUT2D eigenvalue weighted by atomic mass is 10.1. The Morgan fingerprint density at radius 1 is 1.04 bits per heavy atom. The van der Waals surface area contributed by atoms with Crippen LogP contribution in [0.15, 0.2) is 47.4 Å². The summed E-state index contributed by atoms with van der Waals surface area (Å²) in [4.78, 5) is 0.197. The molecule has 0 radical (unpaired) electrons. The zero-order chi connectivity index (χ0) is 18.0. The van der Waals surface area contributed by atoms with E-state index >= 15 is 0 Å². The Morgan fingerprint density at radius 3 is 2.44 bits per heavy atom. The fourth-order valence-corrected chi connectivity index (χ4v) is 4.70. The molecule has 0 amide bonds. The highest BCUT2D eigenvalue weighted by Gasteiger charge is 2.21. The number of hydrogen-bond acceptors (Lipinski definition) is 6. The van der Waals surface area contributed by atoms with E-state index in [2.05, 4.69) is 14.9 Å². The second-order valence-corrected chi connectivity index (χ2v) is 8.10. The molecule has 1 N–H and O–H groups in total. The molecular weight excluding hydrogens is 358 g/mol. The van der Waals surface area contributed by atoms with Gasteiger partial charge in [-0.25, -0.2) is 8.42 Å². The third kappa shape index (κ3) is 3.64. The van der Waals surface area contributed by atoms with Crippen LogP contribution in [0.5, 0.6) is 5.75 Å². The quantitative estimate of drug-likeness (QED) is 0.736. The molecule has 0 aliphatic carbocycles.